The standard InChI is InChI=1S/C22H33FIO2/c1-18-13-15-20(16-14-18)24-17-19(23)11-9-7-5-6-8-10-12-21(25)26-22(2,3)4/h13-17H,5-12H2,1-4H3/q+1/b19-17+. The Bertz CT molecular complexity index is 559. The smallest absolute Gasteiger partial charge is 0.352 e. The quantitative estimate of drug-likeness (QED) is 0.278. The van der Waals surface area contributed by atoms with E-state index in [0.717, 1.165) is 38.5 Å². The van der Waals surface area contributed by atoms with Gasteiger partial charge in [0.2, 0.25) is 0 Å². The van der Waals surface area contributed by atoms with Gasteiger partial charge in [-0.3, -0.25) is 4.79 Å². The Balaban J connectivity index is 2.02. The summed E-state index contributed by atoms with van der Waals surface area (Å²) < 4.78 is 22.2. The first-order valence-corrected chi connectivity index (χ1v) is 11.9. The number of benzene rings is 1. The number of hydrogen-bond acceptors (Lipinski definition) is 2. The Morgan fingerprint density at radius 2 is 1.54 bits per heavy atom. The molecule has 1 aromatic rings. The second kappa shape index (κ2) is 12.5. The molecule has 0 aliphatic rings. The zero-order valence-electron chi connectivity index (χ0n) is 16.6. The number of aryl methyl sites for hydroxylation is 1. The van der Waals surface area contributed by atoms with Crippen LogP contribution in [0, 0.1) is 10.5 Å². The molecule has 0 saturated carbocycles. The SMILES string of the molecule is Cc1ccc([I+]/C=C(/F)CCCCCCCCC(=O)OC(C)(C)C)cc1. The summed E-state index contributed by atoms with van der Waals surface area (Å²) in [5, 5.41) is 0. The van der Waals surface area contributed by atoms with Crippen molar-refractivity contribution >= 4 is 5.97 Å². The minimum Gasteiger partial charge on any atom is -0.460 e. The Kier molecular flexibility index (Phi) is 11.1. The van der Waals surface area contributed by atoms with Crippen molar-refractivity contribution in [2.45, 2.75) is 84.7 Å². The predicted molar refractivity (Wildman–Crippen MR) is 102 cm³/mol. The lowest BCUT2D eigenvalue weighted by atomic mass is 10.1. The van der Waals surface area contributed by atoms with E-state index in [1.54, 1.807) is 0 Å². The minimum atomic E-state index is -0.392. The number of carbonyl (C=O) groups excluding carboxylic acids is 1. The summed E-state index contributed by atoms with van der Waals surface area (Å²) in [6.07, 6.45) is 7.14. The molecule has 0 heterocycles. The average molecular weight is 475 g/mol. The molecule has 0 unspecified atom stereocenters. The Morgan fingerprint density at radius 1 is 1.00 bits per heavy atom. The van der Waals surface area contributed by atoms with Gasteiger partial charge in [0.1, 0.15) is 11.4 Å². The summed E-state index contributed by atoms with van der Waals surface area (Å²) in [6, 6.07) is 8.38. The number of rotatable bonds is 11. The lowest BCUT2D eigenvalue weighted by molar-refractivity contribution is -0.558. The molecule has 0 bridgehead atoms. The fourth-order valence-electron chi connectivity index (χ4n) is 2.45. The molecule has 0 saturated heterocycles. The van der Waals surface area contributed by atoms with Crippen molar-refractivity contribution in [2.75, 3.05) is 0 Å². The molecular formula is C22H33FIO2+. The third-order valence-electron chi connectivity index (χ3n) is 3.78. The monoisotopic (exact) mass is 475 g/mol. The van der Waals surface area contributed by atoms with E-state index in [4.69, 9.17) is 4.74 Å². The van der Waals surface area contributed by atoms with Crippen LogP contribution in [0.15, 0.2) is 34.2 Å². The van der Waals surface area contributed by atoms with Gasteiger partial charge in [-0.25, -0.2) is 4.39 Å². The van der Waals surface area contributed by atoms with Crippen LogP contribution in [0.3, 0.4) is 0 Å². The summed E-state index contributed by atoms with van der Waals surface area (Å²) in [5.41, 5.74) is 0.851. The van der Waals surface area contributed by atoms with Crippen molar-refractivity contribution in [3.63, 3.8) is 0 Å². The van der Waals surface area contributed by atoms with E-state index in [2.05, 4.69) is 31.2 Å². The molecule has 2 nitrogen and oxygen atoms in total. The lowest BCUT2D eigenvalue weighted by Gasteiger charge is -2.19. The summed E-state index contributed by atoms with van der Waals surface area (Å²) >= 11 is -0.359. The number of ether oxygens (including phenoxy) is 1. The van der Waals surface area contributed by atoms with Gasteiger partial charge in [0.05, 0.1) is 0 Å². The summed E-state index contributed by atoms with van der Waals surface area (Å²) in [5.74, 6) is -0.0649. The zero-order chi connectivity index (χ0) is 19.4. The number of hydrogen-bond donors (Lipinski definition) is 0. The molecule has 0 spiro atoms. The minimum absolute atomic E-state index is 0.0447. The molecule has 0 aromatic heterocycles. The molecule has 0 aliphatic carbocycles. The summed E-state index contributed by atoms with van der Waals surface area (Å²) in [7, 11) is 0. The summed E-state index contributed by atoms with van der Waals surface area (Å²) in [4.78, 5) is 11.6. The second-order valence-electron chi connectivity index (χ2n) is 7.67. The van der Waals surface area contributed by atoms with E-state index in [9.17, 15) is 9.18 Å². The molecule has 0 fully saturated rings. The van der Waals surface area contributed by atoms with Gasteiger partial charge in [-0.05, 0) is 52.7 Å². The third kappa shape index (κ3) is 12.4. The second-order valence-corrected chi connectivity index (χ2v) is 10.2. The van der Waals surface area contributed by atoms with Crippen molar-refractivity contribution in [1.82, 2.24) is 0 Å². The molecule has 146 valence electrons. The van der Waals surface area contributed by atoms with E-state index in [0.29, 0.717) is 12.8 Å². The zero-order valence-corrected chi connectivity index (χ0v) is 18.8. The van der Waals surface area contributed by atoms with Gasteiger partial charge in [0.25, 0.3) is 0 Å². The molecular weight excluding hydrogens is 442 g/mol. The van der Waals surface area contributed by atoms with Gasteiger partial charge in [-0.1, -0.05) is 43.4 Å². The highest BCUT2D eigenvalue weighted by atomic mass is 127. The molecule has 4 heteroatoms. The molecule has 0 radical (unpaired) electrons. The van der Waals surface area contributed by atoms with Gasteiger partial charge in [0, 0.05) is 12.8 Å². The van der Waals surface area contributed by atoms with Crippen LogP contribution in [-0.2, 0) is 9.53 Å². The highest BCUT2D eigenvalue weighted by Crippen LogP contribution is 2.14. The number of esters is 1. The lowest BCUT2D eigenvalue weighted by Crippen LogP contribution is -3.59. The van der Waals surface area contributed by atoms with E-state index in [1.807, 2.05) is 24.9 Å². The maximum atomic E-state index is 13.9. The highest BCUT2D eigenvalue weighted by molar-refractivity contribution is 5.69. The normalized spacial score (nSPS) is 12.3. The number of carbonyl (C=O) groups is 1. The Morgan fingerprint density at radius 3 is 2.12 bits per heavy atom. The van der Waals surface area contributed by atoms with Crippen LogP contribution in [0.1, 0.15) is 77.7 Å². The van der Waals surface area contributed by atoms with Crippen molar-refractivity contribution in [3.05, 3.63) is 43.3 Å². The van der Waals surface area contributed by atoms with E-state index in [-0.39, 0.29) is 33.0 Å². The fourth-order valence-corrected chi connectivity index (χ4v) is 4.23. The molecule has 0 amide bonds. The van der Waals surface area contributed by atoms with Crippen LogP contribution in [0.5, 0.6) is 0 Å². The van der Waals surface area contributed by atoms with Gasteiger partial charge in [-0.2, -0.15) is 0 Å². The fraction of sp³-hybridized carbons (Fsp3) is 0.591. The van der Waals surface area contributed by atoms with Crippen molar-refractivity contribution in [3.8, 4) is 0 Å². The third-order valence-corrected chi connectivity index (χ3v) is 6.20. The first kappa shape index (κ1) is 23.1. The topological polar surface area (TPSA) is 26.3 Å². The van der Waals surface area contributed by atoms with Crippen LogP contribution in [-0.4, -0.2) is 11.6 Å². The maximum Gasteiger partial charge on any atom is 0.352 e. The maximum absolute atomic E-state index is 13.9. The molecule has 1 aromatic carbocycles. The van der Waals surface area contributed by atoms with Crippen LogP contribution in [0.25, 0.3) is 0 Å². The Hall–Kier alpha value is -0.910. The van der Waals surface area contributed by atoms with E-state index >= 15 is 0 Å². The summed E-state index contributed by atoms with van der Waals surface area (Å²) in [6.45, 7) is 7.74. The Labute approximate surface area is 168 Å². The average Bonchev–Trinajstić information content (AvgIpc) is 2.55. The number of allylic oxidation sites excluding steroid dienone is 1. The molecule has 1 rings (SSSR count). The van der Waals surface area contributed by atoms with Crippen molar-refractivity contribution in [2.24, 2.45) is 0 Å². The number of unbranched alkanes of at least 4 members (excludes halogenated alkanes) is 5. The molecule has 0 N–H and O–H groups in total. The molecule has 26 heavy (non-hydrogen) atoms. The first-order valence-electron chi connectivity index (χ1n) is 9.53. The van der Waals surface area contributed by atoms with Gasteiger partial charge >= 0.3 is 27.2 Å². The predicted octanol–water partition coefficient (Wildman–Crippen LogP) is 3.53. The van der Waals surface area contributed by atoms with E-state index < -0.39 is 5.60 Å². The number of halogens is 2. The van der Waals surface area contributed by atoms with Crippen LogP contribution >= 0.6 is 0 Å². The van der Waals surface area contributed by atoms with Gasteiger partial charge in [0.15, 0.2) is 7.65 Å². The molecule has 0 aliphatic heterocycles. The first-order chi connectivity index (χ1) is 12.3. The molecule has 0 atom stereocenters. The van der Waals surface area contributed by atoms with Gasteiger partial charge in [-0.15, -0.1) is 0 Å². The van der Waals surface area contributed by atoms with E-state index in [1.165, 1.54) is 9.13 Å². The van der Waals surface area contributed by atoms with Crippen molar-refractivity contribution in [1.29, 1.82) is 0 Å². The van der Waals surface area contributed by atoms with Crippen LogP contribution < -0.4 is 21.2 Å². The van der Waals surface area contributed by atoms with Crippen LogP contribution in [0.2, 0.25) is 0 Å². The van der Waals surface area contributed by atoms with Crippen LogP contribution in [0.4, 0.5) is 4.39 Å². The van der Waals surface area contributed by atoms with Crippen molar-refractivity contribution < 1.29 is 35.1 Å². The highest BCUT2D eigenvalue weighted by Gasteiger charge is 2.15. The van der Waals surface area contributed by atoms with Gasteiger partial charge < -0.3 is 4.74 Å². The largest absolute Gasteiger partial charge is 0.460 e.